The Morgan fingerprint density at radius 1 is 1.27 bits per heavy atom. The highest BCUT2D eigenvalue weighted by Gasteiger charge is 2.04. The van der Waals surface area contributed by atoms with Gasteiger partial charge in [-0.05, 0) is 46.4 Å². The smallest absolute Gasteiger partial charge is 0.100 e. The Morgan fingerprint density at radius 3 is 2.36 bits per heavy atom. The minimum Gasteiger partial charge on any atom is -0.100 e. The molecule has 60 valence electrons. The van der Waals surface area contributed by atoms with Crippen LogP contribution >= 0.6 is 61.7 Å². The van der Waals surface area contributed by atoms with Crippen molar-refractivity contribution in [2.24, 2.45) is 0 Å². The van der Waals surface area contributed by atoms with Gasteiger partial charge in [0.2, 0.25) is 0 Å². The number of hydrogen-bond acceptors (Lipinski definition) is 0. The van der Waals surface area contributed by atoms with E-state index in [4.69, 9.17) is 23.2 Å². The van der Waals surface area contributed by atoms with Crippen LogP contribution in [-0.2, 0) is 0 Å². The lowest BCUT2D eigenvalue weighted by atomic mass is 10.2. The quantitative estimate of drug-likeness (QED) is 0.506. The van der Waals surface area contributed by atoms with E-state index < -0.39 is 4.84 Å². The first kappa shape index (κ1) is 10.1. The minimum atomic E-state index is -0.444. The number of halogens is 4. The Hall–Kier alpha value is 1.01. The molecule has 4 heteroatoms. The first-order valence-electron chi connectivity index (χ1n) is 2.84. The molecule has 0 bridgehead atoms. The van der Waals surface area contributed by atoms with Crippen molar-refractivity contribution >= 4 is 61.7 Å². The van der Waals surface area contributed by atoms with Crippen molar-refractivity contribution in [2.45, 2.75) is 4.84 Å². The molecule has 0 aliphatic rings. The number of alkyl halides is 2. The third-order valence-electron chi connectivity index (χ3n) is 1.14. The summed E-state index contributed by atoms with van der Waals surface area (Å²) in [7, 11) is 0. The lowest BCUT2D eigenvalue weighted by molar-refractivity contribution is 1.33. The van der Waals surface area contributed by atoms with Crippen molar-refractivity contribution in [3.8, 4) is 0 Å². The van der Waals surface area contributed by atoms with Crippen LogP contribution in [0.15, 0.2) is 22.7 Å². The zero-order chi connectivity index (χ0) is 8.43. The van der Waals surface area contributed by atoms with E-state index >= 15 is 0 Å². The Labute approximate surface area is 97.5 Å². The molecule has 11 heavy (non-hydrogen) atoms. The van der Waals surface area contributed by atoms with E-state index in [0.717, 1.165) is 13.6 Å². The molecule has 0 radical (unpaired) electrons. The van der Waals surface area contributed by atoms with Crippen molar-refractivity contribution < 1.29 is 0 Å². The Balaban J connectivity index is 3.08. The molecule has 0 saturated heterocycles. The Morgan fingerprint density at radius 2 is 1.91 bits per heavy atom. The van der Waals surface area contributed by atoms with Gasteiger partial charge in [0.1, 0.15) is 4.84 Å². The summed E-state index contributed by atoms with van der Waals surface area (Å²) in [6.45, 7) is 0. The first-order valence-corrected chi connectivity index (χ1v) is 5.58. The molecule has 0 nitrogen and oxygen atoms in total. The van der Waals surface area contributed by atoms with Gasteiger partial charge in [0.05, 0.1) is 0 Å². The minimum absolute atomic E-state index is 0.444. The summed E-state index contributed by atoms with van der Waals surface area (Å²) in [5.41, 5.74) is 0.923. The van der Waals surface area contributed by atoms with Gasteiger partial charge in [-0.1, -0.05) is 15.9 Å². The molecule has 0 spiro atoms. The molecule has 1 rings (SSSR count). The highest BCUT2D eigenvalue weighted by atomic mass is 127. The van der Waals surface area contributed by atoms with E-state index in [1.807, 2.05) is 18.2 Å². The number of rotatable bonds is 1. The lowest BCUT2D eigenvalue weighted by Crippen LogP contribution is -1.82. The summed E-state index contributed by atoms with van der Waals surface area (Å²) >= 11 is 17.0. The second-order valence-electron chi connectivity index (χ2n) is 2.00. The van der Waals surface area contributed by atoms with Crippen LogP contribution in [0.1, 0.15) is 10.4 Å². The molecule has 0 heterocycles. The van der Waals surface area contributed by atoms with Gasteiger partial charge in [0, 0.05) is 8.04 Å². The molecule has 0 aromatic heterocycles. The molecule has 0 aliphatic heterocycles. The van der Waals surface area contributed by atoms with Crippen LogP contribution in [0.5, 0.6) is 0 Å². The van der Waals surface area contributed by atoms with Crippen LogP contribution in [0, 0.1) is 3.57 Å². The average Bonchev–Trinajstić information content (AvgIpc) is 1.85. The molecule has 0 fully saturated rings. The predicted molar refractivity (Wildman–Crippen MR) is 61.3 cm³/mol. The normalized spacial score (nSPS) is 10.6. The maximum Gasteiger partial charge on any atom is 0.132 e. The summed E-state index contributed by atoms with van der Waals surface area (Å²) in [6.07, 6.45) is 0. The van der Waals surface area contributed by atoms with Crippen molar-refractivity contribution in [3.63, 3.8) is 0 Å². The van der Waals surface area contributed by atoms with Crippen molar-refractivity contribution in [2.75, 3.05) is 0 Å². The van der Waals surface area contributed by atoms with Gasteiger partial charge in [-0.2, -0.15) is 0 Å². The van der Waals surface area contributed by atoms with Gasteiger partial charge in [-0.25, -0.2) is 0 Å². The molecule has 0 amide bonds. The molecule has 0 unspecified atom stereocenters. The summed E-state index contributed by atoms with van der Waals surface area (Å²) in [5.74, 6) is 0. The van der Waals surface area contributed by atoms with E-state index in [-0.39, 0.29) is 0 Å². The van der Waals surface area contributed by atoms with Gasteiger partial charge < -0.3 is 0 Å². The standard InChI is InChI=1S/C7H4BrCl2I/c8-5-1-4(7(9)10)2-6(11)3-5/h1-3,7H. The van der Waals surface area contributed by atoms with Crippen molar-refractivity contribution in [1.29, 1.82) is 0 Å². The van der Waals surface area contributed by atoms with Gasteiger partial charge in [-0.3, -0.25) is 0 Å². The van der Waals surface area contributed by atoms with Gasteiger partial charge in [-0.15, -0.1) is 23.2 Å². The van der Waals surface area contributed by atoms with E-state index in [0.29, 0.717) is 0 Å². The highest BCUT2D eigenvalue weighted by molar-refractivity contribution is 14.1. The van der Waals surface area contributed by atoms with Gasteiger partial charge in [0.25, 0.3) is 0 Å². The van der Waals surface area contributed by atoms with Crippen LogP contribution in [0.25, 0.3) is 0 Å². The lowest BCUT2D eigenvalue weighted by Gasteiger charge is -2.02. The molecule has 0 atom stereocenters. The van der Waals surface area contributed by atoms with E-state index in [9.17, 15) is 0 Å². The zero-order valence-corrected chi connectivity index (χ0v) is 10.6. The molecule has 0 saturated carbocycles. The van der Waals surface area contributed by atoms with Gasteiger partial charge >= 0.3 is 0 Å². The van der Waals surface area contributed by atoms with Crippen LogP contribution in [0.2, 0.25) is 0 Å². The summed E-state index contributed by atoms with van der Waals surface area (Å²) in [4.78, 5) is -0.444. The average molecular weight is 366 g/mol. The molecule has 0 N–H and O–H groups in total. The third-order valence-corrected chi connectivity index (χ3v) is 2.72. The van der Waals surface area contributed by atoms with Crippen LogP contribution in [0.3, 0.4) is 0 Å². The monoisotopic (exact) mass is 364 g/mol. The summed E-state index contributed by atoms with van der Waals surface area (Å²) in [6, 6.07) is 5.86. The summed E-state index contributed by atoms with van der Waals surface area (Å²) < 4.78 is 2.13. The van der Waals surface area contributed by atoms with Crippen LogP contribution < -0.4 is 0 Å². The SMILES string of the molecule is ClC(Cl)c1cc(Br)cc(I)c1. The third kappa shape index (κ3) is 3.09. The number of benzene rings is 1. The zero-order valence-electron chi connectivity index (χ0n) is 5.32. The first-order chi connectivity index (χ1) is 5.09. The molecular weight excluding hydrogens is 362 g/mol. The maximum absolute atomic E-state index is 5.69. The van der Waals surface area contributed by atoms with Crippen molar-refractivity contribution in [3.05, 3.63) is 31.8 Å². The fourth-order valence-electron chi connectivity index (χ4n) is 0.701. The fourth-order valence-corrected chi connectivity index (χ4v) is 2.59. The second kappa shape index (κ2) is 4.30. The van der Waals surface area contributed by atoms with E-state index in [1.54, 1.807) is 0 Å². The molecule has 1 aromatic rings. The maximum atomic E-state index is 5.69. The molecule has 1 aromatic carbocycles. The summed E-state index contributed by atoms with van der Waals surface area (Å²) in [5, 5.41) is 0. The Bertz CT molecular complexity index is 242. The highest BCUT2D eigenvalue weighted by Crippen LogP contribution is 2.28. The Kier molecular flexibility index (Phi) is 3.95. The molecule has 0 aliphatic carbocycles. The molecular formula is C7H4BrCl2I. The largest absolute Gasteiger partial charge is 0.132 e. The van der Waals surface area contributed by atoms with Crippen LogP contribution in [-0.4, -0.2) is 0 Å². The topological polar surface area (TPSA) is 0 Å². The predicted octanol–water partition coefficient (Wildman–Crippen LogP) is 4.53. The van der Waals surface area contributed by atoms with E-state index in [2.05, 4.69) is 38.5 Å². The second-order valence-corrected chi connectivity index (χ2v) is 5.26. The van der Waals surface area contributed by atoms with Crippen LogP contribution in [0.4, 0.5) is 0 Å². The fraction of sp³-hybridized carbons (Fsp3) is 0.143. The van der Waals surface area contributed by atoms with Gasteiger partial charge in [0.15, 0.2) is 0 Å². The van der Waals surface area contributed by atoms with E-state index in [1.165, 1.54) is 0 Å². The van der Waals surface area contributed by atoms with Crippen molar-refractivity contribution in [1.82, 2.24) is 0 Å². The number of hydrogen-bond donors (Lipinski definition) is 0.